The first-order valence-electron chi connectivity index (χ1n) is 9.21. The first-order valence-corrected chi connectivity index (χ1v) is 9.21. The van der Waals surface area contributed by atoms with E-state index in [4.69, 9.17) is 0 Å². The predicted octanol–water partition coefficient (Wildman–Crippen LogP) is 3.24. The van der Waals surface area contributed by atoms with Crippen molar-refractivity contribution in [2.45, 2.75) is 31.1 Å². The number of anilines is 2. The lowest BCUT2D eigenvalue weighted by Gasteiger charge is -2.40. The van der Waals surface area contributed by atoms with E-state index in [0.717, 1.165) is 25.0 Å². The molecule has 1 spiro atoms. The Balaban J connectivity index is 1.39. The minimum Gasteiger partial charge on any atom is -0.370 e. The van der Waals surface area contributed by atoms with Gasteiger partial charge in [0.2, 0.25) is 5.95 Å². The quantitative estimate of drug-likeness (QED) is 0.869. The second-order valence-corrected chi connectivity index (χ2v) is 7.66. The van der Waals surface area contributed by atoms with E-state index in [1.54, 1.807) is 5.56 Å². The minimum atomic E-state index is 0.330. The summed E-state index contributed by atoms with van der Waals surface area (Å²) in [6.45, 7) is 4.56. The molecule has 3 aliphatic rings. The SMILES string of the molecule is c1cnc(N2CCC3(CC2)CN(CC2CC2)c2ccccc23)nc1. The molecule has 1 saturated heterocycles. The highest BCUT2D eigenvalue weighted by Gasteiger charge is 2.45. The first kappa shape index (κ1) is 14.3. The van der Waals surface area contributed by atoms with Crippen molar-refractivity contribution in [3.63, 3.8) is 0 Å². The van der Waals surface area contributed by atoms with E-state index in [2.05, 4.69) is 44.0 Å². The number of benzene rings is 1. The van der Waals surface area contributed by atoms with Gasteiger partial charge in [0.05, 0.1) is 0 Å². The van der Waals surface area contributed by atoms with Crippen LogP contribution >= 0.6 is 0 Å². The summed E-state index contributed by atoms with van der Waals surface area (Å²) in [5.41, 5.74) is 3.41. The number of aromatic nitrogens is 2. The molecule has 24 heavy (non-hydrogen) atoms. The van der Waals surface area contributed by atoms with Crippen LogP contribution < -0.4 is 9.80 Å². The Morgan fingerprint density at radius 2 is 1.75 bits per heavy atom. The number of piperidine rings is 1. The van der Waals surface area contributed by atoms with E-state index in [-0.39, 0.29) is 0 Å². The largest absolute Gasteiger partial charge is 0.370 e. The molecule has 1 aliphatic carbocycles. The van der Waals surface area contributed by atoms with Crippen molar-refractivity contribution in [3.8, 4) is 0 Å². The van der Waals surface area contributed by atoms with Crippen molar-refractivity contribution in [3.05, 3.63) is 48.3 Å². The van der Waals surface area contributed by atoms with Gasteiger partial charge in [0.1, 0.15) is 0 Å². The molecule has 1 aromatic heterocycles. The van der Waals surface area contributed by atoms with Crippen LogP contribution in [0.2, 0.25) is 0 Å². The molecule has 2 fully saturated rings. The molecule has 0 radical (unpaired) electrons. The number of nitrogens with zero attached hydrogens (tertiary/aromatic N) is 4. The highest BCUT2D eigenvalue weighted by Crippen LogP contribution is 2.48. The summed E-state index contributed by atoms with van der Waals surface area (Å²) in [6, 6.07) is 11.0. The summed E-state index contributed by atoms with van der Waals surface area (Å²) in [4.78, 5) is 13.9. The van der Waals surface area contributed by atoms with Crippen molar-refractivity contribution in [1.82, 2.24) is 9.97 Å². The van der Waals surface area contributed by atoms with Gasteiger partial charge in [-0.1, -0.05) is 18.2 Å². The van der Waals surface area contributed by atoms with E-state index < -0.39 is 0 Å². The molecule has 2 aliphatic heterocycles. The van der Waals surface area contributed by atoms with Crippen LogP contribution in [0.25, 0.3) is 0 Å². The van der Waals surface area contributed by atoms with Crippen molar-refractivity contribution in [2.75, 3.05) is 36.0 Å². The molecule has 3 heterocycles. The van der Waals surface area contributed by atoms with Gasteiger partial charge in [-0.2, -0.15) is 0 Å². The van der Waals surface area contributed by atoms with Gasteiger partial charge >= 0.3 is 0 Å². The van der Waals surface area contributed by atoms with Gasteiger partial charge in [-0.3, -0.25) is 0 Å². The summed E-state index contributed by atoms with van der Waals surface area (Å²) < 4.78 is 0. The Hall–Kier alpha value is -2.10. The Kier molecular flexibility index (Phi) is 3.25. The maximum absolute atomic E-state index is 4.43. The molecule has 1 saturated carbocycles. The van der Waals surface area contributed by atoms with Gasteiger partial charge in [0.25, 0.3) is 0 Å². The third-order valence-electron chi connectivity index (χ3n) is 6.04. The Bertz CT molecular complexity index is 717. The van der Waals surface area contributed by atoms with Crippen LogP contribution in [0.5, 0.6) is 0 Å². The van der Waals surface area contributed by atoms with Crippen molar-refractivity contribution in [1.29, 1.82) is 0 Å². The van der Waals surface area contributed by atoms with Crippen molar-refractivity contribution >= 4 is 11.6 Å². The first-order chi connectivity index (χ1) is 11.8. The fourth-order valence-electron chi connectivity index (χ4n) is 4.53. The smallest absolute Gasteiger partial charge is 0.225 e. The highest BCUT2D eigenvalue weighted by molar-refractivity contribution is 5.63. The Morgan fingerprint density at radius 1 is 1.00 bits per heavy atom. The zero-order valence-corrected chi connectivity index (χ0v) is 14.1. The third kappa shape index (κ3) is 2.36. The molecule has 0 N–H and O–H groups in total. The van der Waals surface area contributed by atoms with Crippen molar-refractivity contribution < 1.29 is 0 Å². The van der Waals surface area contributed by atoms with Gasteiger partial charge in [-0.15, -0.1) is 0 Å². The van der Waals surface area contributed by atoms with Crippen LogP contribution in [0.15, 0.2) is 42.7 Å². The van der Waals surface area contributed by atoms with Crippen LogP contribution in [0.1, 0.15) is 31.2 Å². The summed E-state index contributed by atoms with van der Waals surface area (Å²) in [5.74, 6) is 1.82. The topological polar surface area (TPSA) is 32.3 Å². The van der Waals surface area contributed by atoms with E-state index in [0.29, 0.717) is 5.41 Å². The number of rotatable bonds is 3. The van der Waals surface area contributed by atoms with Gasteiger partial charge < -0.3 is 9.80 Å². The van der Waals surface area contributed by atoms with Crippen LogP contribution in [-0.2, 0) is 5.41 Å². The molecule has 2 aromatic rings. The van der Waals surface area contributed by atoms with E-state index in [9.17, 15) is 0 Å². The second kappa shape index (κ2) is 5.47. The van der Waals surface area contributed by atoms with Crippen molar-refractivity contribution in [2.24, 2.45) is 5.92 Å². The molecule has 0 atom stereocenters. The normalized spacial score (nSPS) is 22.0. The highest BCUT2D eigenvalue weighted by atomic mass is 15.3. The average molecular weight is 320 g/mol. The molecule has 0 bridgehead atoms. The fraction of sp³-hybridized carbons (Fsp3) is 0.500. The van der Waals surface area contributed by atoms with Gasteiger partial charge in [0, 0.05) is 49.7 Å². The molecule has 0 amide bonds. The number of hydrogen-bond acceptors (Lipinski definition) is 4. The van der Waals surface area contributed by atoms with E-state index in [1.807, 2.05) is 18.5 Å². The van der Waals surface area contributed by atoms with Crippen LogP contribution in [-0.4, -0.2) is 36.1 Å². The summed E-state index contributed by atoms with van der Waals surface area (Å²) in [7, 11) is 0. The predicted molar refractivity (Wildman–Crippen MR) is 96.5 cm³/mol. The van der Waals surface area contributed by atoms with Gasteiger partial charge in [-0.05, 0) is 49.3 Å². The van der Waals surface area contributed by atoms with Gasteiger partial charge in [-0.25, -0.2) is 9.97 Å². The molecule has 4 heteroatoms. The molecule has 5 rings (SSSR count). The fourth-order valence-corrected chi connectivity index (χ4v) is 4.53. The average Bonchev–Trinajstić information content (AvgIpc) is 3.42. The molecule has 124 valence electrons. The number of fused-ring (bicyclic) bond motifs is 2. The van der Waals surface area contributed by atoms with Crippen LogP contribution in [0.3, 0.4) is 0 Å². The summed E-state index contributed by atoms with van der Waals surface area (Å²) in [5, 5.41) is 0. The van der Waals surface area contributed by atoms with Gasteiger partial charge in [0.15, 0.2) is 0 Å². The maximum atomic E-state index is 4.43. The maximum Gasteiger partial charge on any atom is 0.225 e. The molecule has 1 aromatic carbocycles. The van der Waals surface area contributed by atoms with E-state index in [1.165, 1.54) is 44.5 Å². The Morgan fingerprint density at radius 3 is 2.50 bits per heavy atom. The zero-order chi connectivity index (χ0) is 16.0. The molecule has 0 unspecified atom stereocenters. The molecule has 4 nitrogen and oxygen atoms in total. The molecular weight excluding hydrogens is 296 g/mol. The monoisotopic (exact) mass is 320 g/mol. The standard InChI is InChI=1S/C20H24N4/c1-2-5-18-17(4-1)20(15-24(18)14-16-6-7-16)8-12-23(13-9-20)19-21-10-3-11-22-19/h1-5,10-11,16H,6-9,12-15H2. The lowest BCUT2D eigenvalue weighted by Crippen LogP contribution is -2.46. The lowest BCUT2D eigenvalue weighted by atomic mass is 9.74. The molecular formula is C20H24N4. The Labute approximate surface area is 143 Å². The lowest BCUT2D eigenvalue weighted by molar-refractivity contribution is 0.347. The van der Waals surface area contributed by atoms with Crippen LogP contribution in [0.4, 0.5) is 11.6 Å². The summed E-state index contributed by atoms with van der Waals surface area (Å²) >= 11 is 0. The number of para-hydroxylation sites is 1. The van der Waals surface area contributed by atoms with Crippen LogP contribution in [0, 0.1) is 5.92 Å². The zero-order valence-electron chi connectivity index (χ0n) is 14.1. The minimum absolute atomic E-state index is 0.330. The second-order valence-electron chi connectivity index (χ2n) is 7.66. The third-order valence-corrected chi connectivity index (χ3v) is 6.04. The number of hydrogen-bond donors (Lipinski definition) is 0. The summed E-state index contributed by atoms with van der Waals surface area (Å²) in [6.07, 6.45) is 8.92. The van der Waals surface area contributed by atoms with E-state index >= 15 is 0 Å².